The van der Waals surface area contributed by atoms with Crippen LogP contribution in [0.3, 0.4) is 0 Å². The van der Waals surface area contributed by atoms with Crippen LogP contribution in [-0.4, -0.2) is 24.5 Å². The standard InChI is InChI=1S/C16H13FN4O2/c1-9-6-22-16(23-9)15(8-19)12(10-4-2-3-5-11(10)17)14(15,7-18)13(20)21-16/h2-5,9,12H,6H2,1H3,(H2,20,21)/t9-,12+,14+,15+,16+/m1/s1. The van der Waals surface area contributed by atoms with Crippen LogP contribution < -0.4 is 5.73 Å². The van der Waals surface area contributed by atoms with Crippen LogP contribution in [0.5, 0.6) is 0 Å². The Labute approximate surface area is 131 Å². The lowest BCUT2D eigenvalue weighted by molar-refractivity contribution is -0.193. The first-order chi connectivity index (χ1) is 11.0. The van der Waals surface area contributed by atoms with Gasteiger partial charge in [-0.05, 0) is 18.6 Å². The molecule has 0 bridgehead atoms. The second-order valence-corrected chi connectivity index (χ2v) is 6.11. The van der Waals surface area contributed by atoms with Crippen molar-refractivity contribution >= 4 is 5.84 Å². The second kappa shape index (κ2) is 4.08. The van der Waals surface area contributed by atoms with Crippen LogP contribution in [0.25, 0.3) is 0 Å². The summed E-state index contributed by atoms with van der Waals surface area (Å²) in [7, 11) is 0. The Hall–Kier alpha value is -2.48. The maximum absolute atomic E-state index is 14.3. The van der Waals surface area contributed by atoms with Crippen molar-refractivity contribution in [1.29, 1.82) is 10.5 Å². The Bertz CT molecular complexity index is 828. The van der Waals surface area contributed by atoms with Gasteiger partial charge in [-0.3, -0.25) is 0 Å². The molecule has 3 aliphatic rings. The molecule has 0 amide bonds. The molecule has 2 aliphatic heterocycles. The zero-order valence-corrected chi connectivity index (χ0v) is 12.3. The molecule has 5 atom stereocenters. The van der Waals surface area contributed by atoms with Gasteiger partial charge < -0.3 is 15.2 Å². The Morgan fingerprint density at radius 1 is 1.35 bits per heavy atom. The lowest BCUT2D eigenvalue weighted by Gasteiger charge is -2.26. The van der Waals surface area contributed by atoms with Crippen molar-refractivity contribution in [2.75, 3.05) is 6.61 Å². The third-order valence-corrected chi connectivity index (χ3v) is 5.02. The van der Waals surface area contributed by atoms with E-state index in [0.717, 1.165) is 0 Å². The van der Waals surface area contributed by atoms with Crippen LogP contribution >= 0.6 is 0 Å². The van der Waals surface area contributed by atoms with Crippen LogP contribution in [0.2, 0.25) is 0 Å². The highest BCUT2D eigenvalue weighted by Crippen LogP contribution is 2.82. The molecule has 2 heterocycles. The molecule has 4 rings (SSSR count). The summed E-state index contributed by atoms with van der Waals surface area (Å²) in [5, 5.41) is 19.7. The first kappa shape index (κ1) is 14.1. The number of benzene rings is 1. The summed E-state index contributed by atoms with van der Waals surface area (Å²) in [5.41, 5.74) is 3.33. The molecule has 2 N–H and O–H groups in total. The van der Waals surface area contributed by atoms with Gasteiger partial charge in [0.2, 0.25) is 0 Å². The normalized spacial score (nSPS) is 43.6. The molecule has 1 aromatic carbocycles. The molecule has 1 aromatic rings. The van der Waals surface area contributed by atoms with Crippen LogP contribution in [0.1, 0.15) is 18.4 Å². The maximum atomic E-state index is 14.3. The number of hydrogen-bond acceptors (Lipinski definition) is 6. The zero-order chi connectivity index (χ0) is 16.5. The average Bonchev–Trinajstić information content (AvgIpc) is 2.91. The average molecular weight is 312 g/mol. The van der Waals surface area contributed by atoms with Crippen molar-refractivity contribution in [3.05, 3.63) is 35.6 Å². The minimum Gasteiger partial charge on any atom is -0.386 e. The highest BCUT2D eigenvalue weighted by atomic mass is 19.1. The number of rotatable bonds is 1. The Kier molecular flexibility index (Phi) is 2.51. The van der Waals surface area contributed by atoms with Gasteiger partial charge in [-0.2, -0.15) is 10.5 Å². The van der Waals surface area contributed by atoms with Crippen LogP contribution in [0.4, 0.5) is 4.39 Å². The predicted octanol–water partition coefficient (Wildman–Crippen LogP) is 1.40. The van der Waals surface area contributed by atoms with Crippen molar-refractivity contribution in [2.24, 2.45) is 21.6 Å². The van der Waals surface area contributed by atoms with Crippen molar-refractivity contribution in [3.63, 3.8) is 0 Å². The number of halogens is 1. The fourth-order valence-corrected chi connectivity index (χ4v) is 4.04. The predicted molar refractivity (Wildman–Crippen MR) is 76.1 cm³/mol. The van der Waals surface area contributed by atoms with Crippen LogP contribution in [0, 0.1) is 39.3 Å². The molecule has 7 heteroatoms. The highest BCUT2D eigenvalue weighted by molar-refractivity contribution is 6.00. The minimum absolute atomic E-state index is 0.0381. The molecular weight excluding hydrogens is 299 g/mol. The van der Waals surface area contributed by atoms with E-state index in [9.17, 15) is 14.9 Å². The van der Waals surface area contributed by atoms with E-state index in [1.54, 1.807) is 25.1 Å². The summed E-state index contributed by atoms with van der Waals surface area (Å²) >= 11 is 0. The van der Waals surface area contributed by atoms with Crippen molar-refractivity contribution in [3.8, 4) is 12.1 Å². The number of ether oxygens (including phenoxy) is 2. The summed E-state index contributed by atoms with van der Waals surface area (Å²) in [6, 6.07) is 10.3. The topological polar surface area (TPSA) is 104 Å². The summed E-state index contributed by atoms with van der Waals surface area (Å²) in [6.45, 7) is 2.00. The molecule has 0 aromatic heterocycles. The molecule has 1 saturated heterocycles. The van der Waals surface area contributed by atoms with E-state index in [0.29, 0.717) is 0 Å². The fraction of sp³-hybridized carbons (Fsp3) is 0.438. The molecule has 116 valence electrons. The molecule has 1 spiro atoms. The molecule has 6 nitrogen and oxygen atoms in total. The maximum Gasteiger partial charge on any atom is 0.293 e. The van der Waals surface area contributed by atoms with E-state index < -0.39 is 28.5 Å². The second-order valence-electron chi connectivity index (χ2n) is 6.11. The highest BCUT2D eigenvalue weighted by Gasteiger charge is 2.94. The molecule has 0 radical (unpaired) electrons. The number of nitrogens with zero attached hydrogens (tertiary/aromatic N) is 3. The summed E-state index contributed by atoms with van der Waals surface area (Å²) in [4.78, 5) is 4.17. The number of nitriles is 2. The van der Waals surface area contributed by atoms with Gasteiger partial charge in [0, 0.05) is 5.92 Å². The number of hydrogen-bond donors (Lipinski definition) is 1. The molecule has 0 unspecified atom stereocenters. The Morgan fingerprint density at radius 2 is 2.09 bits per heavy atom. The van der Waals surface area contributed by atoms with E-state index in [2.05, 4.69) is 17.1 Å². The van der Waals surface area contributed by atoms with Gasteiger partial charge in [0.1, 0.15) is 17.1 Å². The van der Waals surface area contributed by atoms with Gasteiger partial charge in [0.25, 0.3) is 5.91 Å². The van der Waals surface area contributed by atoms with Crippen LogP contribution in [0.15, 0.2) is 29.3 Å². The molecule has 2 fully saturated rings. The third-order valence-electron chi connectivity index (χ3n) is 5.02. The number of amidine groups is 1. The van der Waals surface area contributed by atoms with Gasteiger partial charge in [0.05, 0.1) is 24.8 Å². The first-order valence-electron chi connectivity index (χ1n) is 7.23. The third kappa shape index (κ3) is 1.28. The monoisotopic (exact) mass is 312 g/mol. The first-order valence-corrected chi connectivity index (χ1v) is 7.23. The van der Waals surface area contributed by atoms with Gasteiger partial charge >= 0.3 is 0 Å². The van der Waals surface area contributed by atoms with Crippen molar-refractivity contribution in [1.82, 2.24) is 0 Å². The van der Waals surface area contributed by atoms with E-state index in [1.807, 2.05) is 0 Å². The van der Waals surface area contributed by atoms with E-state index in [1.165, 1.54) is 6.07 Å². The largest absolute Gasteiger partial charge is 0.386 e. The summed E-state index contributed by atoms with van der Waals surface area (Å²) in [5.74, 6) is -2.96. The van der Waals surface area contributed by atoms with Gasteiger partial charge in [-0.15, -0.1) is 0 Å². The molecule has 1 aliphatic carbocycles. The van der Waals surface area contributed by atoms with Gasteiger partial charge in [-0.1, -0.05) is 18.2 Å². The van der Waals surface area contributed by atoms with Crippen LogP contribution in [-0.2, 0) is 9.47 Å². The Balaban J connectivity index is 1.95. The van der Waals surface area contributed by atoms with Crippen molar-refractivity contribution in [2.45, 2.75) is 24.9 Å². The smallest absolute Gasteiger partial charge is 0.293 e. The van der Waals surface area contributed by atoms with E-state index >= 15 is 0 Å². The van der Waals surface area contributed by atoms with E-state index in [-0.39, 0.29) is 24.1 Å². The minimum atomic E-state index is -1.64. The lowest BCUT2D eigenvalue weighted by atomic mass is 9.94. The summed E-state index contributed by atoms with van der Waals surface area (Å²) < 4.78 is 25.7. The molecule has 23 heavy (non-hydrogen) atoms. The molecular formula is C16H13FN4O2. The number of aliphatic imine (C=N–C) groups is 1. The fourth-order valence-electron chi connectivity index (χ4n) is 4.04. The number of nitrogens with two attached hydrogens (primary N) is 1. The summed E-state index contributed by atoms with van der Waals surface area (Å²) in [6.07, 6.45) is -0.298. The zero-order valence-electron chi connectivity index (χ0n) is 12.3. The van der Waals surface area contributed by atoms with E-state index in [4.69, 9.17) is 15.2 Å². The molecule has 1 saturated carbocycles. The van der Waals surface area contributed by atoms with Gasteiger partial charge in [-0.25, -0.2) is 9.38 Å². The Morgan fingerprint density at radius 3 is 2.65 bits per heavy atom. The van der Waals surface area contributed by atoms with Gasteiger partial charge in [0.15, 0.2) is 5.41 Å². The number of fused-ring (bicyclic) bond motifs is 2. The van der Waals surface area contributed by atoms with Crippen molar-refractivity contribution < 1.29 is 13.9 Å². The lowest BCUT2D eigenvalue weighted by Crippen LogP contribution is -2.39. The quantitative estimate of drug-likeness (QED) is 0.844. The SMILES string of the molecule is C[C@@H]1CO[C@]2(N=C(N)[C@]3(C#N)[C@H](c4ccccc4F)[C@]23C#N)O1.